The van der Waals surface area contributed by atoms with Gasteiger partial charge < -0.3 is 18.8 Å². The lowest BCUT2D eigenvalue weighted by Crippen LogP contribution is -2.41. The number of aliphatic hydroxyl groups is 1. The van der Waals surface area contributed by atoms with Gasteiger partial charge in [0.25, 0.3) is 5.91 Å². The normalized spacial score (nSPS) is 20.3. The number of aliphatic hydroxyl groups excluding tert-OH is 1. The monoisotopic (exact) mass is 318 g/mol. The van der Waals surface area contributed by atoms with Crippen LogP contribution in [0.25, 0.3) is 0 Å². The lowest BCUT2D eigenvalue weighted by Gasteiger charge is -2.30. The largest absolute Gasteiger partial charge is 0.467 e. The zero-order valence-electron chi connectivity index (χ0n) is 13.3. The van der Waals surface area contributed by atoms with Gasteiger partial charge in [-0.25, -0.2) is 4.98 Å². The Bertz CT molecular complexity index is 635. The van der Waals surface area contributed by atoms with Crippen LogP contribution < -0.4 is 0 Å². The second kappa shape index (κ2) is 7.00. The molecule has 2 aromatic rings. The summed E-state index contributed by atoms with van der Waals surface area (Å²) in [5.41, 5.74) is 0.365. The molecule has 0 saturated carbocycles. The van der Waals surface area contributed by atoms with Crippen molar-refractivity contribution in [2.24, 2.45) is 0 Å². The Morgan fingerprint density at radius 1 is 1.43 bits per heavy atom. The van der Waals surface area contributed by atoms with Crippen molar-refractivity contribution in [1.29, 1.82) is 0 Å². The minimum Gasteiger partial charge on any atom is -0.467 e. The van der Waals surface area contributed by atoms with E-state index >= 15 is 0 Å². The molecule has 3 heterocycles. The van der Waals surface area contributed by atoms with Gasteiger partial charge in [0.1, 0.15) is 17.6 Å². The van der Waals surface area contributed by atoms with Crippen LogP contribution in [0.5, 0.6) is 0 Å². The Hall–Kier alpha value is -2.08. The Morgan fingerprint density at radius 3 is 3.00 bits per heavy atom. The van der Waals surface area contributed by atoms with E-state index in [9.17, 15) is 9.90 Å². The molecule has 6 heteroatoms. The minimum atomic E-state index is -0.707. The number of rotatable bonds is 4. The second-order valence-electron chi connectivity index (χ2n) is 6.03. The van der Waals surface area contributed by atoms with E-state index in [1.54, 1.807) is 25.3 Å². The number of likely N-dealkylation sites (tertiary alicyclic amines) is 1. The molecule has 1 N–H and O–H groups in total. The molecule has 1 amide bonds. The first-order chi connectivity index (χ1) is 11.2. The number of oxazole rings is 1. The van der Waals surface area contributed by atoms with Crippen molar-refractivity contribution in [2.45, 2.75) is 51.2 Å². The van der Waals surface area contributed by atoms with E-state index in [2.05, 4.69) is 4.98 Å². The molecule has 0 aromatic carbocycles. The number of hydrogen-bond donors (Lipinski definition) is 1. The Balaban J connectivity index is 1.77. The van der Waals surface area contributed by atoms with E-state index in [-0.39, 0.29) is 11.9 Å². The predicted molar refractivity (Wildman–Crippen MR) is 82.8 cm³/mol. The van der Waals surface area contributed by atoms with Crippen LogP contribution in [0.4, 0.5) is 0 Å². The van der Waals surface area contributed by atoms with Gasteiger partial charge in [0.2, 0.25) is 0 Å². The van der Waals surface area contributed by atoms with Gasteiger partial charge in [-0.15, -0.1) is 0 Å². The summed E-state index contributed by atoms with van der Waals surface area (Å²) in [7, 11) is 0. The quantitative estimate of drug-likeness (QED) is 0.937. The van der Waals surface area contributed by atoms with Gasteiger partial charge in [0.15, 0.2) is 12.1 Å². The molecular formula is C17H22N2O4. The molecule has 1 saturated heterocycles. The fraction of sp³-hybridized carbons (Fsp3) is 0.529. The lowest BCUT2D eigenvalue weighted by atomic mass is 10.0. The Morgan fingerprint density at radius 2 is 2.30 bits per heavy atom. The molecule has 1 aliphatic heterocycles. The van der Waals surface area contributed by atoms with Gasteiger partial charge in [-0.1, -0.05) is 12.8 Å². The number of aromatic nitrogens is 1. The first kappa shape index (κ1) is 15.8. The summed E-state index contributed by atoms with van der Waals surface area (Å²) in [6.07, 6.45) is 6.60. The van der Waals surface area contributed by atoms with Crippen molar-refractivity contribution in [3.63, 3.8) is 0 Å². The maximum atomic E-state index is 12.8. The zero-order chi connectivity index (χ0) is 16.2. The molecule has 0 spiro atoms. The lowest BCUT2D eigenvalue weighted by molar-refractivity contribution is 0.0551. The molecule has 3 rings (SSSR count). The van der Waals surface area contributed by atoms with Crippen LogP contribution in [0, 0.1) is 6.92 Å². The molecule has 2 aromatic heterocycles. The van der Waals surface area contributed by atoms with Gasteiger partial charge in [0, 0.05) is 19.0 Å². The standard InChI is InChI=1S/C17H22N2O4/c1-12-16(18-11-23-12)17(21)19-8-4-2-3-6-13(19)10-14(20)15-7-5-9-22-15/h5,7,9,11,13-14,20H,2-4,6,8,10H2,1H3. The van der Waals surface area contributed by atoms with Gasteiger partial charge in [0.05, 0.1) is 6.26 Å². The van der Waals surface area contributed by atoms with Crippen molar-refractivity contribution in [3.05, 3.63) is 42.0 Å². The SMILES string of the molecule is Cc1ocnc1C(=O)N1CCCCCC1CC(O)c1ccco1. The van der Waals surface area contributed by atoms with Gasteiger partial charge >= 0.3 is 0 Å². The first-order valence-corrected chi connectivity index (χ1v) is 8.09. The number of carbonyl (C=O) groups is 1. The third-order valence-electron chi connectivity index (χ3n) is 4.45. The summed E-state index contributed by atoms with van der Waals surface area (Å²) in [5, 5.41) is 10.4. The fourth-order valence-electron chi connectivity index (χ4n) is 3.19. The van der Waals surface area contributed by atoms with Crippen LogP contribution in [0.1, 0.15) is 60.2 Å². The van der Waals surface area contributed by atoms with Crippen molar-refractivity contribution >= 4 is 5.91 Å². The molecule has 0 aliphatic carbocycles. The highest BCUT2D eigenvalue weighted by atomic mass is 16.4. The summed E-state index contributed by atoms with van der Waals surface area (Å²) < 4.78 is 10.4. The third-order valence-corrected chi connectivity index (χ3v) is 4.45. The van der Waals surface area contributed by atoms with Crippen LogP contribution in [-0.2, 0) is 0 Å². The maximum absolute atomic E-state index is 12.8. The zero-order valence-corrected chi connectivity index (χ0v) is 13.3. The Kier molecular flexibility index (Phi) is 4.81. The summed E-state index contributed by atoms with van der Waals surface area (Å²) in [6.45, 7) is 2.42. The van der Waals surface area contributed by atoms with Crippen molar-refractivity contribution in [2.75, 3.05) is 6.54 Å². The maximum Gasteiger partial charge on any atom is 0.276 e. The van der Waals surface area contributed by atoms with E-state index in [1.807, 2.05) is 4.90 Å². The molecule has 1 aliphatic rings. The first-order valence-electron chi connectivity index (χ1n) is 8.09. The van der Waals surface area contributed by atoms with Gasteiger partial charge in [-0.3, -0.25) is 4.79 Å². The molecule has 2 atom stereocenters. The highest BCUT2D eigenvalue weighted by Gasteiger charge is 2.31. The van der Waals surface area contributed by atoms with E-state index < -0.39 is 6.10 Å². The van der Waals surface area contributed by atoms with Crippen LogP contribution in [0.15, 0.2) is 33.6 Å². The second-order valence-corrected chi connectivity index (χ2v) is 6.03. The van der Waals surface area contributed by atoms with E-state index in [4.69, 9.17) is 8.83 Å². The molecule has 0 radical (unpaired) electrons. The number of aryl methyl sites for hydroxylation is 1. The average Bonchev–Trinajstić information content (AvgIpc) is 3.16. The number of furan rings is 1. The number of nitrogens with zero attached hydrogens (tertiary/aromatic N) is 2. The van der Waals surface area contributed by atoms with E-state index in [0.29, 0.717) is 30.2 Å². The van der Waals surface area contributed by atoms with Crippen LogP contribution in [-0.4, -0.2) is 33.5 Å². The van der Waals surface area contributed by atoms with Crippen molar-refractivity contribution < 1.29 is 18.7 Å². The van der Waals surface area contributed by atoms with E-state index in [0.717, 1.165) is 25.7 Å². The third kappa shape index (κ3) is 3.47. The molecule has 0 bridgehead atoms. The molecule has 124 valence electrons. The topological polar surface area (TPSA) is 79.7 Å². The molecule has 6 nitrogen and oxygen atoms in total. The van der Waals surface area contributed by atoms with Gasteiger partial charge in [-0.2, -0.15) is 0 Å². The highest BCUT2D eigenvalue weighted by molar-refractivity contribution is 5.93. The molecule has 1 fully saturated rings. The summed E-state index contributed by atoms with van der Waals surface area (Å²) in [6, 6.07) is 3.49. The van der Waals surface area contributed by atoms with Crippen LogP contribution >= 0.6 is 0 Å². The summed E-state index contributed by atoms with van der Waals surface area (Å²) >= 11 is 0. The van der Waals surface area contributed by atoms with Crippen molar-refractivity contribution in [3.8, 4) is 0 Å². The Labute approximate surface area is 135 Å². The molecular weight excluding hydrogens is 296 g/mol. The highest BCUT2D eigenvalue weighted by Crippen LogP contribution is 2.28. The average molecular weight is 318 g/mol. The summed E-state index contributed by atoms with van der Waals surface area (Å²) in [4.78, 5) is 18.7. The summed E-state index contributed by atoms with van der Waals surface area (Å²) in [5.74, 6) is 0.957. The number of hydrogen-bond acceptors (Lipinski definition) is 5. The minimum absolute atomic E-state index is 0.0267. The fourth-order valence-corrected chi connectivity index (χ4v) is 3.19. The van der Waals surface area contributed by atoms with Crippen molar-refractivity contribution in [1.82, 2.24) is 9.88 Å². The molecule has 23 heavy (non-hydrogen) atoms. The van der Waals surface area contributed by atoms with Crippen LogP contribution in [0.2, 0.25) is 0 Å². The molecule has 2 unspecified atom stereocenters. The van der Waals surface area contributed by atoms with E-state index in [1.165, 1.54) is 6.39 Å². The predicted octanol–water partition coefficient (Wildman–Crippen LogP) is 3.08. The number of amides is 1. The number of carbonyl (C=O) groups excluding carboxylic acids is 1. The van der Waals surface area contributed by atoms with Crippen LogP contribution in [0.3, 0.4) is 0 Å². The smallest absolute Gasteiger partial charge is 0.276 e. The van der Waals surface area contributed by atoms with Gasteiger partial charge in [-0.05, 0) is 31.9 Å².